The average Bonchev–Trinajstić information content (AvgIpc) is 2.29. The first kappa shape index (κ1) is 16.3. The minimum atomic E-state index is -0.879. The molecule has 20 heavy (non-hydrogen) atoms. The molecule has 0 bridgehead atoms. The van der Waals surface area contributed by atoms with E-state index in [0.29, 0.717) is 11.3 Å². The summed E-state index contributed by atoms with van der Waals surface area (Å²) >= 11 is 0. The zero-order valence-electron chi connectivity index (χ0n) is 12.5. The fraction of sp³-hybridized carbons (Fsp3) is 0.500. The maximum Gasteiger partial charge on any atom is 0.412 e. The van der Waals surface area contributed by atoms with Gasteiger partial charge < -0.3 is 9.84 Å². The molecule has 6 heteroatoms. The standard InChI is InChI=1S/C14H22N2O4/c1-13(2,3)19-12(18)16-9-6-7-11(17)10(8-9)14(4,5)20-15/h6-8,17H,15H2,1-5H3,(H,16,18). The molecule has 0 spiro atoms. The number of carbonyl (C=O) groups excluding carboxylic acids is 1. The lowest BCUT2D eigenvalue weighted by Crippen LogP contribution is -2.28. The van der Waals surface area contributed by atoms with Crippen LogP contribution in [0, 0.1) is 0 Å². The van der Waals surface area contributed by atoms with Gasteiger partial charge in [-0.1, -0.05) is 0 Å². The molecule has 4 N–H and O–H groups in total. The predicted molar refractivity (Wildman–Crippen MR) is 76.3 cm³/mol. The van der Waals surface area contributed by atoms with E-state index in [9.17, 15) is 9.90 Å². The molecule has 0 aliphatic rings. The Morgan fingerprint density at radius 2 is 1.85 bits per heavy atom. The average molecular weight is 282 g/mol. The van der Waals surface area contributed by atoms with E-state index >= 15 is 0 Å². The van der Waals surface area contributed by atoms with Crippen LogP contribution in [0.25, 0.3) is 0 Å². The van der Waals surface area contributed by atoms with Gasteiger partial charge in [0.1, 0.15) is 17.0 Å². The number of phenols is 1. The maximum atomic E-state index is 11.7. The summed E-state index contributed by atoms with van der Waals surface area (Å²) in [6.07, 6.45) is -0.569. The molecule has 0 aliphatic heterocycles. The monoisotopic (exact) mass is 282 g/mol. The summed E-state index contributed by atoms with van der Waals surface area (Å²) in [4.78, 5) is 16.5. The molecule has 0 aromatic heterocycles. The van der Waals surface area contributed by atoms with Crippen LogP contribution in [-0.4, -0.2) is 16.8 Å². The van der Waals surface area contributed by atoms with E-state index in [0.717, 1.165) is 0 Å². The summed E-state index contributed by atoms with van der Waals surface area (Å²) in [5.41, 5.74) is -0.509. The number of nitrogens with two attached hydrogens (primary N) is 1. The number of amides is 1. The van der Waals surface area contributed by atoms with Crippen molar-refractivity contribution in [3.05, 3.63) is 23.8 Å². The minimum Gasteiger partial charge on any atom is -0.508 e. The van der Waals surface area contributed by atoms with E-state index in [1.807, 2.05) is 0 Å². The van der Waals surface area contributed by atoms with Crippen LogP contribution in [0.1, 0.15) is 40.2 Å². The van der Waals surface area contributed by atoms with Crippen molar-refractivity contribution >= 4 is 11.8 Å². The number of phenolic OH excluding ortho intramolecular Hbond substituents is 1. The summed E-state index contributed by atoms with van der Waals surface area (Å²) in [5, 5.41) is 12.4. The SMILES string of the molecule is CC(C)(C)OC(=O)Nc1ccc(O)c(C(C)(C)ON)c1. The molecular weight excluding hydrogens is 260 g/mol. The van der Waals surface area contributed by atoms with Crippen molar-refractivity contribution in [3.63, 3.8) is 0 Å². The number of benzene rings is 1. The van der Waals surface area contributed by atoms with Crippen molar-refractivity contribution in [3.8, 4) is 5.75 Å². The van der Waals surface area contributed by atoms with E-state index < -0.39 is 17.3 Å². The van der Waals surface area contributed by atoms with Gasteiger partial charge in [-0.05, 0) is 52.8 Å². The molecule has 1 amide bonds. The number of hydrogen-bond acceptors (Lipinski definition) is 5. The first-order valence-corrected chi connectivity index (χ1v) is 6.26. The van der Waals surface area contributed by atoms with Crippen LogP contribution in [0.4, 0.5) is 10.5 Å². The number of rotatable bonds is 3. The first-order valence-electron chi connectivity index (χ1n) is 6.26. The van der Waals surface area contributed by atoms with Crippen LogP contribution in [0.15, 0.2) is 18.2 Å². The van der Waals surface area contributed by atoms with Gasteiger partial charge in [-0.2, -0.15) is 0 Å². The number of anilines is 1. The molecule has 112 valence electrons. The molecule has 0 fully saturated rings. The van der Waals surface area contributed by atoms with Gasteiger partial charge in [0.25, 0.3) is 0 Å². The molecule has 0 aliphatic carbocycles. The second-order valence-corrected chi connectivity index (χ2v) is 5.99. The van der Waals surface area contributed by atoms with Crippen LogP contribution in [0.3, 0.4) is 0 Å². The van der Waals surface area contributed by atoms with Gasteiger partial charge in [-0.15, -0.1) is 0 Å². The molecule has 0 atom stereocenters. The number of nitrogens with one attached hydrogen (secondary N) is 1. The van der Waals surface area contributed by atoms with Gasteiger partial charge in [0, 0.05) is 11.3 Å². The Labute approximate surface area is 118 Å². The topological polar surface area (TPSA) is 93.8 Å². The highest BCUT2D eigenvalue weighted by Gasteiger charge is 2.25. The van der Waals surface area contributed by atoms with Crippen molar-refractivity contribution in [1.82, 2.24) is 0 Å². The van der Waals surface area contributed by atoms with Gasteiger partial charge in [0.05, 0.1) is 0 Å². The van der Waals surface area contributed by atoms with Crippen LogP contribution < -0.4 is 11.2 Å². The highest BCUT2D eigenvalue weighted by Crippen LogP contribution is 2.33. The third-order valence-corrected chi connectivity index (χ3v) is 2.59. The van der Waals surface area contributed by atoms with Crippen LogP contribution in [0.5, 0.6) is 5.75 Å². The summed E-state index contributed by atoms with van der Waals surface area (Å²) in [7, 11) is 0. The van der Waals surface area contributed by atoms with Crippen molar-refractivity contribution in [2.24, 2.45) is 5.90 Å². The Balaban J connectivity index is 2.94. The van der Waals surface area contributed by atoms with Gasteiger partial charge in [-0.3, -0.25) is 10.2 Å². The summed E-state index contributed by atoms with van der Waals surface area (Å²) in [5.74, 6) is 5.26. The Morgan fingerprint density at radius 3 is 2.35 bits per heavy atom. The number of ether oxygens (including phenoxy) is 1. The van der Waals surface area contributed by atoms with E-state index in [-0.39, 0.29) is 5.75 Å². The Bertz CT molecular complexity index is 492. The second-order valence-electron chi connectivity index (χ2n) is 5.99. The molecule has 6 nitrogen and oxygen atoms in total. The maximum absolute atomic E-state index is 11.7. The van der Waals surface area contributed by atoms with E-state index in [4.69, 9.17) is 15.5 Å². The third-order valence-electron chi connectivity index (χ3n) is 2.59. The molecule has 1 aromatic rings. The molecule has 1 aromatic carbocycles. The lowest BCUT2D eigenvalue weighted by atomic mass is 9.96. The molecule has 0 radical (unpaired) electrons. The molecular formula is C14H22N2O4. The summed E-state index contributed by atoms with van der Waals surface area (Å²) in [6.45, 7) is 8.75. The van der Waals surface area contributed by atoms with Gasteiger partial charge in [-0.25, -0.2) is 10.7 Å². The Kier molecular flexibility index (Phi) is 4.62. The van der Waals surface area contributed by atoms with E-state index in [1.165, 1.54) is 6.07 Å². The van der Waals surface area contributed by atoms with E-state index in [1.54, 1.807) is 46.8 Å². The third kappa shape index (κ3) is 4.40. The highest BCUT2D eigenvalue weighted by molar-refractivity contribution is 5.85. The van der Waals surface area contributed by atoms with Crippen molar-refractivity contribution in [1.29, 1.82) is 0 Å². The minimum absolute atomic E-state index is 0.0372. The van der Waals surface area contributed by atoms with Gasteiger partial charge in [0.2, 0.25) is 0 Å². The number of hydrogen-bond donors (Lipinski definition) is 3. The van der Waals surface area contributed by atoms with Crippen LogP contribution in [-0.2, 0) is 15.2 Å². The van der Waals surface area contributed by atoms with Gasteiger partial charge in [0.15, 0.2) is 0 Å². The normalized spacial score (nSPS) is 12.1. The van der Waals surface area contributed by atoms with Crippen LogP contribution in [0.2, 0.25) is 0 Å². The number of carbonyl (C=O) groups is 1. The lowest BCUT2D eigenvalue weighted by molar-refractivity contribution is -0.0250. The number of aromatic hydroxyl groups is 1. The van der Waals surface area contributed by atoms with Crippen molar-refractivity contribution in [2.45, 2.75) is 45.8 Å². The largest absolute Gasteiger partial charge is 0.508 e. The summed E-state index contributed by atoms with van der Waals surface area (Å²) < 4.78 is 5.16. The molecule has 0 unspecified atom stereocenters. The quantitative estimate of drug-likeness (QED) is 0.585. The fourth-order valence-electron chi connectivity index (χ4n) is 1.58. The smallest absolute Gasteiger partial charge is 0.412 e. The lowest BCUT2D eigenvalue weighted by Gasteiger charge is -2.24. The van der Waals surface area contributed by atoms with Crippen molar-refractivity contribution < 1.29 is 19.5 Å². The molecule has 0 saturated heterocycles. The zero-order chi connectivity index (χ0) is 15.6. The van der Waals surface area contributed by atoms with Crippen molar-refractivity contribution in [2.75, 3.05) is 5.32 Å². The molecule has 0 heterocycles. The molecule has 0 saturated carbocycles. The van der Waals surface area contributed by atoms with Gasteiger partial charge >= 0.3 is 6.09 Å². The fourth-order valence-corrected chi connectivity index (χ4v) is 1.58. The van der Waals surface area contributed by atoms with E-state index in [2.05, 4.69) is 5.32 Å². The Hall–Kier alpha value is -1.79. The first-order chi connectivity index (χ1) is 9.05. The Morgan fingerprint density at radius 1 is 1.25 bits per heavy atom. The molecule has 1 rings (SSSR count). The predicted octanol–water partition coefficient (Wildman–Crippen LogP) is 2.86. The zero-order valence-corrected chi connectivity index (χ0v) is 12.5. The summed E-state index contributed by atoms with van der Waals surface area (Å²) in [6, 6.07) is 4.62. The highest BCUT2D eigenvalue weighted by atomic mass is 16.6. The van der Waals surface area contributed by atoms with Crippen LogP contribution >= 0.6 is 0 Å². The second kappa shape index (κ2) is 5.68.